The van der Waals surface area contributed by atoms with Crippen LogP contribution in [-0.2, 0) is 0 Å². The van der Waals surface area contributed by atoms with Crippen LogP contribution in [0, 0.1) is 0 Å². The number of anilines is 2. The molecule has 1 saturated heterocycles. The van der Waals surface area contributed by atoms with Crippen LogP contribution in [0.15, 0.2) is 66.7 Å². The molecule has 1 N–H and O–H groups in total. The minimum Gasteiger partial charge on any atom is -0.367 e. The molecule has 5 heteroatoms. The first-order valence-electron chi connectivity index (χ1n) is 8.75. The summed E-state index contributed by atoms with van der Waals surface area (Å²) in [5.74, 6) is 0. The Kier molecular flexibility index (Phi) is 4.67. The van der Waals surface area contributed by atoms with Gasteiger partial charge in [0.05, 0.1) is 16.4 Å². The van der Waals surface area contributed by atoms with Crippen LogP contribution < -0.4 is 10.2 Å². The molecule has 1 aliphatic heterocycles. The maximum Gasteiger partial charge on any atom is 0.321 e. The number of nitrogens with one attached hydrogen (secondary N) is 1. The zero-order valence-corrected chi connectivity index (χ0v) is 15.1. The standard InChI is InChI=1S/C21H20ClN3O/c22-18-9-3-4-11-20(18)24-12-14-25(15-13-24)21(26)23-19-10-5-7-16-6-1-2-8-17(16)19/h1-11H,12-15H2,(H,23,26). The molecule has 0 aliphatic carbocycles. The van der Waals surface area contributed by atoms with E-state index in [4.69, 9.17) is 11.6 Å². The molecule has 1 heterocycles. The van der Waals surface area contributed by atoms with Crippen molar-refractivity contribution in [3.05, 3.63) is 71.8 Å². The zero-order chi connectivity index (χ0) is 17.9. The molecule has 0 atom stereocenters. The topological polar surface area (TPSA) is 35.6 Å². The molecule has 0 spiro atoms. The minimum atomic E-state index is -0.0554. The molecule has 0 aromatic heterocycles. The van der Waals surface area contributed by atoms with E-state index in [1.807, 2.05) is 71.6 Å². The summed E-state index contributed by atoms with van der Waals surface area (Å²) in [5.41, 5.74) is 1.88. The predicted octanol–water partition coefficient (Wildman–Crippen LogP) is 4.85. The van der Waals surface area contributed by atoms with E-state index >= 15 is 0 Å². The number of carbonyl (C=O) groups excluding carboxylic acids is 1. The lowest BCUT2D eigenvalue weighted by Crippen LogP contribution is -2.50. The van der Waals surface area contributed by atoms with Gasteiger partial charge in [0.2, 0.25) is 0 Å². The Morgan fingerprint density at radius 1 is 0.846 bits per heavy atom. The number of piperazine rings is 1. The molecule has 2 amide bonds. The van der Waals surface area contributed by atoms with Gasteiger partial charge in [0.1, 0.15) is 0 Å². The number of urea groups is 1. The monoisotopic (exact) mass is 365 g/mol. The third kappa shape index (κ3) is 3.33. The van der Waals surface area contributed by atoms with Crippen molar-refractivity contribution >= 4 is 39.8 Å². The third-order valence-electron chi connectivity index (χ3n) is 4.79. The van der Waals surface area contributed by atoms with Gasteiger partial charge in [-0.25, -0.2) is 4.79 Å². The lowest BCUT2D eigenvalue weighted by molar-refractivity contribution is 0.208. The summed E-state index contributed by atoms with van der Waals surface area (Å²) >= 11 is 6.28. The van der Waals surface area contributed by atoms with Crippen molar-refractivity contribution < 1.29 is 4.79 Å². The Balaban J connectivity index is 1.43. The van der Waals surface area contributed by atoms with Crippen molar-refractivity contribution in [3.63, 3.8) is 0 Å². The summed E-state index contributed by atoms with van der Waals surface area (Å²) in [6.45, 7) is 2.88. The Hall–Kier alpha value is -2.72. The van der Waals surface area contributed by atoms with Crippen LogP contribution in [0.4, 0.5) is 16.2 Å². The predicted molar refractivity (Wildman–Crippen MR) is 108 cm³/mol. The fourth-order valence-corrected chi connectivity index (χ4v) is 3.64. The molecule has 1 fully saturated rings. The van der Waals surface area contributed by atoms with Gasteiger partial charge in [-0.1, -0.05) is 60.1 Å². The average molecular weight is 366 g/mol. The Labute approximate surface area is 158 Å². The first kappa shape index (κ1) is 16.7. The van der Waals surface area contributed by atoms with E-state index in [1.54, 1.807) is 0 Å². The van der Waals surface area contributed by atoms with Gasteiger partial charge in [-0.2, -0.15) is 0 Å². The van der Waals surface area contributed by atoms with Crippen LogP contribution in [0.1, 0.15) is 0 Å². The molecule has 4 rings (SSSR count). The maximum atomic E-state index is 12.7. The number of amides is 2. The highest BCUT2D eigenvalue weighted by Gasteiger charge is 2.22. The molecule has 132 valence electrons. The first-order valence-corrected chi connectivity index (χ1v) is 9.13. The van der Waals surface area contributed by atoms with Gasteiger partial charge in [0.25, 0.3) is 0 Å². The lowest BCUT2D eigenvalue weighted by atomic mass is 10.1. The van der Waals surface area contributed by atoms with Gasteiger partial charge in [-0.05, 0) is 23.6 Å². The highest BCUT2D eigenvalue weighted by atomic mass is 35.5. The highest BCUT2D eigenvalue weighted by Crippen LogP contribution is 2.27. The number of benzene rings is 3. The molecule has 26 heavy (non-hydrogen) atoms. The summed E-state index contributed by atoms with van der Waals surface area (Å²) in [6, 6.07) is 21.8. The van der Waals surface area contributed by atoms with Crippen molar-refractivity contribution in [2.45, 2.75) is 0 Å². The molecule has 3 aromatic rings. The second-order valence-corrected chi connectivity index (χ2v) is 6.79. The van der Waals surface area contributed by atoms with Gasteiger partial charge in [0, 0.05) is 31.6 Å². The minimum absolute atomic E-state index is 0.0554. The van der Waals surface area contributed by atoms with Crippen molar-refractivity contribution in [2.24, 2.45) is 0 Å². The van der Waals surface area contributed by atoms with Crippen LogP contribution in [0.25, 0.3) is 10.8 Å². The average Bonchev–Trinajstić information content (AvgIpc) is 2.69. The molecular formula is C21H20ClN3O. The fraction of sp³-hybridized carbons (Fsp3) is 0.190. The number of fused-ring (bicyclic) bond motifs is 1. The summed E-state index contributed by atoms with van der Waals surface area (Å²) in [6.07, 6.45) is 0. The van der Waals surface area contributed by atoms with Crippen molar-refractivity contribution in [3.8, 4) is 0 Å². The smallest absolute Gasteiger partial charge is 0.321 e. The zero-order valence-electron chi connectivity index (χ0n) is 14.4. The summed E-state index contributed by atoms with van der Waals surface area (Å²) < 4.78 is 0. The third-order valence-corrected chi connectivity index (χ3v) is 5.11. The molecule has 0 bridgehead atoms. The van der Waals surface area contributed by atoms with Crippen molar-refractivity contribution in [1.29, 1.82) is 0 Å². The van der Waals surface area contributed by atoms with E-state index < -0.39 is 0 Å². The second kappa shape index (κ2) is 7.26. The van der Waals surface area contributed by atoms with Crippen LogP contribution in [0.2, 0.25) is 5.02 Å². The molecule has 1 aliphatic rings. The summed E-state index contributed by atoms with van der Waals surface area (Å²) in [4.78, 5) is 16.8. The Bertz CT molecular complexity index is 930. The molecule has 0 saturated carbocycles. The first-order chi connectivity index (χ1) is 12.7. The largest absolute Gasteiger partial charge is 0.367 e. The quantitative estimate of drug-likeness (QED) is 0.704. The van der Waals surface area contributed by atoms with Crippen molar-refractivity contribution in [1.82, 2.24) is 4.90 Å². The van der Waals surface area contributed by atoms with Crippen molar-refractivity contribution in [2.75, 3.05) is 36.4 Å². The van der Waals surface area contributed by atoms with E-state index in [1.165, 1.54) is 0 Å². The van der Waals surface area contributed by atoms with Gasteiger partial charge >= 0.3 is 6.03 Å². The number of carbonyl (C=O) groups is 1. The molecule has 0 radical (unpaired) electrons. The van der Waals surface area contributed by atoms with E-state index in [9.17, 15) is 4.79 Å². The molecular weight excluding hydrogens is 346 g/mol. The highest BCUT2D eigenvalue weighted by molar-refractivity contribution is 6.33. The second-order valence-electron chi connectivity index (χ2n) is 6.38. The lowest BCUT2D eigenvalue weighted by Gasteiger charge is -2.36. The molecule has 3 aromatic carbocycles. The number of halogens is 1. The van der Waals surface area contributed by atoms with Gasteiger partial charge < -0.3 is 15.1 Å². The van der Waals surface area contributed by atoms with Gasteiger partial charge in [-0.15, -0.1) is 0 Å². The number of para-hydroxylation sites is 1. The van der Waals surface area contributed by atoms with E-state index in [-0.39, 0.29) is 6.03 Å². The summed E-state index contributed by atoms with van der Waals surface area (Å²) in [7, 11) is 0. The molecule has 4 nitrogen and oxygen atoms in total. The maximum absolute atomic E-state index is 12.7. The Morgan fingerprint density at radius 2 is 1.54 bits per heavy atom. The van der Waals surface area contributed by atoms with E-state index in [2.05, 4.69) is 10.2 Å². The fourth-order valence-electron chi connectivity index (χ4n) is 3.39. The van der Waals surface area contributed by atoms with Crippen LogP contribution in [0.3, 0.4) is 0 Å². The SMILES string of the molecule is O=C(Nc1cccc2ccccc12)N1CCN(c2ccccc2Cl)CC1. The van der Waals surface area contributed by atoms with E-state index in [0.717, 1.165) is 40.3 Å². The number of hydrogen-bond donors (Lipinski definition) is 1. The van der Waals surface area contributed by atoms with Crippen LogP contribution in [-0.4, -0.2) is 37.1 Å². The number of rotatable bonds is 2. The van der Waals surface area contributed by atoms with Gasteiger partial charge in [0.15, 0.2) is 0 Å². The van der Waals surface area contributed by atoms with Crippen LogP contribution >= 0.6 is 11.6 Å². The van der Waals surface area contributed by atoms with E-state index in [0.29, 0.717) is 13.1 Å². The number of nitrogens with zero attached hydrogens (tertiary/aromatic N) is 2. The Morgan fingerprint density at radius 3 is 2.35 bits per heavy atom. The van der Waals surface area contributed by atoms with Gasteiger partial charge in [-0.3, -0.25) is 0 Å². The van der Waals surface area contributed by atoms with Crippen LogP contribution in [0.5, 0.6) is 0 Å². The molecule has 0 unspecified atom stereocenters. The summed E-state index contributed by atoms with van der Waals surface area (Å²) in [5, 5.41) is 5.99. The number of hydrogen-bond acceptors (Lipinski definition) is 2. The normalized spacial score (nSPS) is 14.5.